The highest BCUT2D eigenvalue weighted by atomic mass is 32.2. The first-order chi connectivity index (χ1) is 9.56. The molecule has 3 rings (SSSR count). The zero-order valence-corrected chi connectivity index (χ0v) is 11.0. The van der Waals surface area contributed by atoms with E-state index in [1.54, 1.807) is 18.2 Å². The van der Waals surface area contributed by atoms with E-state index in [0.29, 0.717) is 20.9 Å². The summed E-state index contributed by atoms with van der Waals surface area (Å²) in [5, 5.41) is 9.01. The van der Waals surface area contributed by atoms with Crippen LogP contribution in [-0.4, -0.2) is 15.6 Å². The first kappa shape index (κ1) is 12.9. The minimum Gasteiger partial charge on any atom is -0.606 e. The van der Waals surface area contributed by atoms with Gasteiger partial charge in [0, 0.05) is 28.4 Å². The molecule has 1 atom stereocenters. The minimum absolute atomic E-state index is 0.0797. The maximum Gasteiger partial charge on any atom is 0.335 e. The number of fused-ring (bicyclic) bond motifs is 2. The number of hydrogen-bond acceptors (Lipinski definition) is 2. The third-order valence-electron chi connectivity index (χ3n) is 3.07. The SMILES string of the molecule is O=C(O)c1ccc2c(c1)[S@+]([O-])c1ccc(F)cc1C=C2. The molecule has 0 saturated heterocycles. The van der Waals surface area contributed by atoms with Gasteiger partial charge in [-0.3, -0.25) is 0 Å². The van der Waals surface area contributed by atoms with Gasteiger partial charge in [0.05, 0.1) is 5.56 Å². The number of rotatable bonds is 1. The van der Waals surface area contributed by atoms with Crippen LogP contribution in [0.2, 0.25) is 0 Å². The maximum absolute atomic E-state index is 13.2. The standard InChI is InChI=1S/C15H9FO3S/c16-12-5-6-13-10(7-12)3-1-9-2-4-11(15(17)18)8-14(9)20(13)19/h1-8H,(H,17,18)/t20-/m1/s1. The molecule has 0 saturated carbocycles. The van der Waals surface area contributed by atoms with Crippen molar-refractivity contribution >= 4 is 29.3 Å². The second kappa shape index (κ2) is 4.77. The van der Waals surface area contributed by atoms with Crippen LogP contribution in [0.5, 0.6) is 0 Å². The van der Waals surface area contributed by atoms with Crippen LogP contribution in [0.25, 0.3) is 12.2 Å². The van der Waals surface area contributed by atoms with Crippen molar-refractivity contribution in [2.45, 2.75) is 9.79 Å². The molecule has 0 amide bonds. The van der Waals surface area contributed by atoms with E-state index in [0.717, 1.165) is 0 Å². The third kappa shape index (κ3) is 2.11. The Balaban J connectivity index is 2.20. The lowest BCUT2D eigenvalue weighted by atomic mass is 10.1. The van der Waals surface area contributed by atoms with Crippen LogP contribution in [0.1, 0.15) is 21.5 Å². The van der Waals surface area contributed by atoms with Crippen molar-refractivity contribution in [2.75, 3.05) is 0 Å². The molecule has 0 spiro atoms. The normalized spacial score (nSPS) is 16.2. The van der Waals surface area contributed by atoms with Gasteiger partial charge in [-0.05, 0) is 42.5 Å². The summed E-state index contributed by atoms with van der Waals surface area (Å²) in [7, 11) is 0. The summed E-state index contributed by atoms with van der Waals surface area (Å²) in [4.78, 5) is 11.9. The molecule has 100 valence electrons. The Morgan fingerprint density at radius 2 is 1.80 bits per heavy atom. The number of aromatic carboxylic acids is 1. The molecule has 5 heteroatoms. The minimum atomic E-state index is -1.54. The highest BCUT2D eigenvalue weighted by Gasteiger charge is 2.25. The summed E-state index contributed by atoms with van der Waals surface area (Å²) in [6, 6.07) is 8.49. The quantitative estimate of drug-likeness (QED) is 0.820. The molecule has 0 fully saturated rings. The number of carboxylic acids is 1. The molecule has 0 unspecified atom stereocenters. The van der Waals surface area contributed by atoms with Gasteiger partial charge in [-0.25, -0.2) is 9.18 Å². The van der Waals surface area contributed by atoms with E-state index in [1.807, 2.05) is 0 Å². The summed E-state index contributed by atoms with van der Waals surface area (Å²) in [6.45, 7) is 0. The van der Waals surface area contributed by atoms with E-state index >= 15 is 0 Å². The van der Waals surface area contributed by atoms with Crippen molar-refractivity contribution in [1.82, 2.24) is 0 Å². The van der Waals surface area contributed by atoms with Gasteiger partial charge in [-0.1, -0.05) is 0 Å². The lowest BCUT2D eigenvalue weighted by Crippen LogP contribution is -2.07. The van der Waals surface area contributed by atoms with Crippen molar-refractivity contribution in [2.24, 2.45) is 0 Å². The van der Waals surface area contributed by atoms with Crippen LogP contribution in [-0.2, 0) is 11.2 Å². The number of carboxylic acid groups (broad SMARTS) is 1. The summed E-state index contributed by atoms with van der Waals surface area (Å²) >= 11 is -1.54. The zero-order valence-electron chi connectivity index (χ0n) is 10.2. The smallest absolute Gasteiger partial charge is 0.335 e. The molecule has 0 aromatic heterocycles. The molecule has 0 aliphatic carbocycles. The van der Waals surface area contributed by atoms with E-state index in [2.05, 4.69) is 0 Å². The van der Waals surface area contributed by atoms with Gasteiger partial charge in [0.2, 0.25) is 0 Å². The van der Waals surface area contributed by atoms with E-state index in [-0.39, 0.29) is 5.56 Å². The summed E-state index contributed by atoms with van der Waals surface area (Å²) < 4.78 is 25.8. The fraction of sp³-hybridized carbons (Fsp3) is 0. The second-order valence-corrected chi connectivity index (χ2v) is 5.76. The van der Waals surface area contributed by atoms with Crippen molar-refractivity contribution in [3.8, 4) is 0 Å². The topological polar surface area (TPSA) is 60.4 Å². The Morgan fingerprint density at radius 1 is 1.05 bits per heavy atom. The number of carbonyl (C=O) groups is 1. The predicted octanol–water partition coefficient (Wildman–Crippen LogP) is 3.17. The van der Waals surface area contributed by atoms with E-state index in [4.69, 9.17) is 5.11 Å². The van der Waals surface area contributed by atoms with Crippen LogP contribution in [0, 0.1) is 5.82 Å². The van der Waals surface area contributed by atoms with Gasteiger partial charge >= 0.3 is 5.97 Å². The highest BCUT2D eigenvalue weighted by molar-refractivity contribution is 7.91. The molecule has 20 heavy (non-hydrogen) atoms. The molecular formula is C15H9FO3S. The van der Waals surface area contributed by atoms with Gasteiger partial charge in [0.15, 0.2) is 9.79 Å². The monoisotopic (exact) mass is 288 g/mol. The molecule has 1 N–H and O–H groups in total. The average Bonchev–Trinajstić information content (AvgIpc) is 2.56. The van der Waals surface area contributed by atoms with Crippen LogP contribution < -0.4 is 0 Å². The van der Waals surface area contributed by atoms with Crippen molar-refractivity contribution in [1.29, 1.82) is 0 Å². The summed E-state index contributed by atoms with van der Waals surface area (Å²) in [6.07, 6.45) is 3.40. The Labute approximate surface area is 117 Å². The Morgan fingerprint density at radius 3 is 2.55 bits per heavy atom. The lowest BCUT2D eigenvalue weighted by Gasteiger charge is -2.12. The first-order valence-corrected chi connectivity index (χ1v) is 6.98. The fourth-order valence-corrected chi connectivity index (χ4v) is 3.44. The second-order valence-electron chi connectivity index (χ2n) is 4.34. The Kier molecular flexibility index (Phi) is 3.08. The van der Waals surface area contributed by atoms with E-state index in [1.165, 1.54) is 30.3 Å². The summed E-state index contributed by atoms with van der Waals surface area (Å²) in [5.41, 5.74) is 1.29. The predicted molar refractivity (Wildman–Crippen MR) is 73.4 cm³/mol. The van der Waals surface area contributed by atoms with Gasteiger partial charge in [-0.2, -0.15) is 0 Å². The van der Waals surface area contributed by atoms with Crippen LogP contribution in [0.3, 0.4) is 0 Å². The van der Waals surface area contributed by atoms with Crippen LogP contribution in [0.4, 0.5) is 4.39 Å². The molecule has 3 nitrogen and oxygen atoms in total. The van der Waals surface area contributed by atoms with Gasteiger partial charge in [-0.15, -0.1) is 0 Å². The number of benzene rings is 2. The first-order valence-electron chi connectivity index (χ1n) is 5.83. The fourth-order valence-electron chi connectivity index (χ4n) is 2.08. The average molecular weight is 288 g/mol. The molecular weight excluding hydrogens is 279 g/mol. The highest BCUT2D eigenvalue weighted by Crippen LogP contribution is 2.33. The lowest BCUT2D eigenvalue weighted by molar-refractivity contribution is 0.0696. The van der Waals surface area contributed by atoms with E-state index in [9.17, 15) is 13.7 Å². The van der Waals surface area contributed by atoms with Crippen LogP contribution in [0.15, 0.2) is 46.2 Å². The number of halogens is 1. The van der Waals surface area contributed by atoms with Gasteiger partial charge in [0.1, 0.15) is 5.82 Å². The molecule has 2 aromatic carbocycles. The van der Waals surface area contributed by atoms with E-state index < -0.39 is 23.0 Å². The number of hydrogen-bond donors (Lipinski definition) is 1. The molecule has 1 heterocycles. The van der Waals surface area contributed by atoms with Gasteiger partial charge in [0.25, 0.3) is 0 Å². The summed E-state index contributed by atoms with van der Waals surface area (Å²) in [5.74, 6) is -1.47. The maximum atomic E-state index is 13.2. The Bertz CT molecular complexity index is 740. The third-order valence-corrected chi connectivity index (χ3v) is 4.60. The molecule has 2 aromatic rings. The molecule has 1 aliphatic heterocycles. The molecule has 0 radical (unpaired) electrons. The molecule has 0 bridgehead atoms. The largest absolute Gasteiger partial charge is 0.606 e. The van der Waals surface area contributed by atoms with Crippen molar-refractivity contribution in [3.05, 3.63) is 58.9 Å². The van der Waals surface area contributed by atoms with Crippen LogP contribution >= 0.6 is 0 Å². The van der Waals surface area contributed by atoms with Crippen molar-refractivity contribution in [3.63, 3.8) is 0 Å². The van der Waals surface area contributed by atoms with Crippen molar-refractivity contribution < 1.29 is 18.8 Å². The zero-order chi connectivity index (χ0) is 14.3. The Hall–Kier alpha value is -2.11. The molecule has 1 aliphatic rings. The van der Waals surface area contributed by atoms with Gasteiger partial charge < -0.3 is 9.66 Å².